The maximum absolute atomic E-state index is 14.1. The monoisotopic (exact) mass is 461 g/mol. The molecule has 0 aliphatic carbocycles. The second-order valence-corrected chi connectivity index (χ2v) is 9.11. The Bertz CT molecular complexity index is 1460. The van der Waals surface area contributed by atoms with E-state index in [-0.39, 0.29) is 23.1 Å². The second-order valence-electron chi connectivity index (χ2n) is 9.11. The smallest absolute Gasteiger partial charge is 0.213 e. The molecular formula is C24H24FN7O2. The number of nitrogens with zero attached hydrogens (tertiary/aromatic N) is 5. The summed E-state index contributed by atoms with van der Waals surface area (Å²) in [4.78, 5) is 11.6. The summed E-state index contributed by atoms with van der Waals surface area (Å²) in [5, 5.41) is 17.5. The fourth-order valence-corrected chi connectivity index (χ4v) is 5.11. The molecule has 4 N–H and O–H groups in total. The van der Waals surface area contributed by atoms with Gasteiger partial charge in [0.05, 0.1) is 23.7 Å². The number of aromatic hydroxyl groups is 1. The first kappa shape index (κ1) is 20.9. The second kappa shape index (κ2) is 7.68. The molecule has 174 valence electrons. The molecule has 10 heteroatoms. The third kappa shape index (κ3) is 3.12. The summed E-state index contributed by atoms with van der Waals surface area (Å²) in [5.41, 5.74) is 8.23. The minimum absolute atomic E-state index is 0.0182. The first-order valence-corrected chi connectivity index (χ1v) is 11.3. The lowest BCUT2D eigenvalue weighted by Crippen LogP contribution is -2.51. The van der Waals surface area contributed by atoms with Gasteiger partial charge in [0, 0.05) is 36.9 Å². The molecule has 0 amide bonds. The van der Waals surface area contributed by atoms with E-state index in [0.717, 1.165) is 31.9 Å². The van der Waals surface area contributed by atoms with Crippen molar-refractivity contribution in [2.75, 3.05) is 24.6 Å². The van der Waals surface area contributed by atoms with Gasteiger partial charge in [-0.25, -0.2) is 9.37 Å². The van der Waals surface area contributed by atoms with Gasteiger partial charge in [0.25, 0.3) is 0 Å². The van der Waals surface area contributed by atoms with Crippen LogP contribution in [0.1, 0.15) is 31.0 Å². The molecule has 5 heterocycles. The maximum atomic E-state index is 14.1. The van der Waals surface area contributed by atoms with Crippen LogP contribution < -0.4 is 10.6 Å². The standard InChI is InChI=1S/C24H24FN7O2/c1-14-20(26)24(13-34-14)7-10-31(11-8-24)23-28-21-18(22-27-9-12-32(22)23)16(29-30-21)6-5-15-3-2-4-17(33)19(15)25/h2-4,9,12,14,20,33H,7-8,10-11,13,26H2,1H3,(H,29,30)/t14-,20+/m0/s1. The number of halogens is 1. The van der Waals surface area contributed by atoms with Crippen molar-refractivity contribution in [3.05, 3.63) is 47.7 Å². The van der Waals surface area contributed by atoms with Crippen molar-refractivity contribution in [3.8, 4) is 17.6 Å². The Morgan fingerprint density at radius 2 is 2.12 bits per heavy atom. The molecule has 2 aliphatic rings. The van der Waals surface area contributed by atoms with Gasteiger partial charge < -0.3 is 20.5 Å². The number of aromatic nitrogens is 5. The van der Waals surface area contributed by atoms with Crippen LogP contribution in [0.2, 0.25) is 0 Å². The Hall–Kier alpha value is -3.68. The number of anilines is 1. The molecule has 9 nitrogen and oxygen atoms in total. The van der Waals surface area contributed by atoms with Crippen molar-refractivity contribution >= 4 is 22.6 Å². The Balaban J connectivity index is 1.35. The summed E-state index contributed by atoms with van der Waals surface area (Å²) in [6, 6.07) is 4.37. The number of imidazole rings is 1. The van der Waals surface area contributed by atoms with Crippen LogP contribution in [-0.4, -0.2) is 61.5 Å². The van der Waals surface area contributed by atoms with Crippen LogP contribution >= 0.6 is 0 Å². The molecule has 2 atom stereocenters. The minimum Gasteiger partial charge on any atom is -0.505 e. The van der Waals surface area contributed by atoms with Crippen LogP contribution in [0.4, 0.5) is 10.3 Å². The van der Waals surface area contributed by atoms with Gasteiger partial charge in [-0.3, -0.25) is 9.50 Å². The number of phenolic OH excluding ortho intramolecular Hbond substituents is 1. The Kier molecular flexibility index (Phi) is 4.72. The van der Waals surface area contributed by atoms with Crippen molar-refractivity contribution in [2.24, 2.45) is 11.1 Å². The van der Waals surface area contributed by atoms with Gasteiger partial charge in [-0.05, 0) is 37.8 Å². The molecule has 0 saturated carbocycles. The molecule has 0 radical (unpaired) electrons. The normalized spacial score (nSPS) is 21.9. The number of hydrogen-bond donors (Lipinski definition) is 3. The molecule has 1 aromatic carbocycles. The SMILES string of the molecule is C[C@@H]1OCC2(CCN(c3nc4n[nH]c(C#Cc5cccc(O)c5F)c4c4nccn34)CC2)[C@@H]1N. The molecule has 4 aromatic rings. The van der Waals surface area contributed by atoms with Crippen LogP contribution in [0.15, 0.2) is 30.6 Å². The van der Waals surface area contributed by atoms with Gasteiger partial charge in [0.1, 0.15) is 5.69 Å². The average molecular weight is 462 g/mol. The number of nitrogens with one attached hydrogen (secondary N) is 1. The summed E-state index contributed by atoms with van der Waals surface area (Å²) >= 11 is 0. The first-order valence-electron chi connectivity index (χ1n) is 11.3. The van der Waals surface area contributed by atoms with Gasteiger partial charge in [-0.2, -0.15) is 10.1 Å². The van der Waals surface area contributed by atoms with Crippen molar-refractivity contribution in [2.45, 2.75) is 31.9 Å². The van der Waals surface area contributed by atoms with E-state index in [0.29, 0.717) is 29.0 Å². The van der Waals surface area contributed by atoms with Crippen molar-refractivity contribution in [3.63, 3.8) is 0 Å². The number of fused-ring (bicyclic) bond motifs is 3. The van der Waals surface area contributed by atoms with E-state index in [1.54, 1.807) is 12.3 Å². The Morgan fingerprint density at radius 3 is 2.88 bits per heavy atom. The van der Waals surface area contributed by atoms with Gasteiger partial charge >= 0.3 is 0 Å². The number of benzene rings is 1. The first-order chi connectivity index (χ1) is 16.5. The van der Waals surface area contributed by atoms with Crippen molar-refractivity contribution in [1.82, 2.24) is 24.6 Å². The molecule has 1 spiro atoms. The molecule has 0 unspecified atom stereocenters. The van der Waals surface area contributed by atoms with Crippen LogP contribution in [0.5, 0.6) is 5.75 Å². The number of hydrogen-bond acceptors (Lipinski definition) is 7. The third-order valence-electron chi connectivity index (χ3n) is 7.22. The average Bonchev–Trinajstić information content (AvgIpc) is 3.55. The van der Waals surface area contributed by atoms with Gasteiger partial charge in [0.2, 0.25) is 5.95 Å². The van der Waals surface area contributed by atoms with E-state index in [9.17, 15) is 9.50 Å². The Labute approximate surface area is 194 Å². The maximum Gasteiger partial charge on any atom is 0.213 e. The van der Waals surface area contributed by atoms with E-state index in [4.69, 9.17) is 15.5 Å². The highest BCUT2D eigenvalue weighted by Gasteiger charge is 2.47. The quantitative estimate of drug-likeness (QED) is 0.372. The third-order valence-corrected chi connectivity index (χ3v) is 7.22. The van der Waals surface area contributed by atoms with E-state index >= 15 is 0 Å². The molecular weight excluding hydrogens is 437 g/mol. The molecule has 0 bridgehead atoms. The minimum atomic E-state index is -0.755. The number of phenols is 1. The van der Waals surface area contributed by atoms with Gasteiger partial charge in [0.15, 0.2) is 22.9 Å². The molecule has 2 fully saturated rings. The van der Waals surface area contributed by atoms with Crippen LogP contribution in [0.25, 0.3) is 16.7 Å². The number of piperidine rings is 1. The molecule has 34 heavy (non-hydrogen) atoms. The highest BCUT2D eigenvalue weighted by molar-refractivity contribution is 5.94. The molecule has 2 saturated heterocycles. The lowest BCUT2D eigenvalue weighted by atomic mass is 9.73. The number of ether oxygens (including phenoxy) is 1. The van der Waals surface area contributed by atoms with Crippen LogP contribution in [0.3, 0.4) is 0 Å². The zero-order valence-corrected chi connectivity index (χ0v) is 18.6. The van der Waals surface area contributed by atoms with Crippen molar-refractivity contribution in [1.29, 1.82) is 0 Å². The van der Waals surface area contributed by atoms with E-state index in [1.165, 1.54) is 12.1 Å². The fourth-order valence-electron chi connectivity index (χ4n) is 5.11. The molecule has 6 rings (SSSR count). The number of rotatable bonds is 1. The van der Waals surface area contributed by atoms with E-state index in [1.807, 2.05) is 17.5 Å². The van der Waals surface area contributed by atoms with Gasteiger partial charge in [-0.1, -0.05) is 12.0 Å². The van der Waals surface area contributed by atoms with Crippen LogP contribution in [-0.2, 0) is 4.74 Å². The lowest BCUT2D eigenvalue weighted by molar-refractivity contribution is 0.0973. The summed E-state index contributed by atoms with van der Waals surface area (Å²) < 4.78 is 21.9. The number of H-pyrrole nitrogens is 1. The Morgan fingerprint density at radius 1 is 1.29 bits per heavy atom. The summed E-state index contributed by atoms with van der Waals surface area (Å²) in [6.45, 7) is 4.37. The number of nitrogens with two attached hydrogens (primary N) is 1. The zero-order chi connectivity index (χ0) is 23.4. The van der Waals surface area contributed by atoms with E-state index in [2.05, 4.69) is 31.9 Å². The van der Waals surface area contributed by atoms with Gasteiger partial charge in [-0.15, -0.1) is 0 Å². The topological polar surface area (TPSA) is 118 Å². The predicted octanol–water partition coefficient (Wildman–Crippen LogP) is 2.18. The summed E-state index contributed by atoms with van der Waals surface area (Å²) in [5.74, 6) is 5.26. The largest absolute Gasteiger partial charge is 0.505 e. The summed E-state index contributed by atoms with van der Waals surface area (Å²) in [7, 11) is 0. The highest BCUT2D eigenvalue weighted by Crippen LogP contribution is 2.42. The zero-order valence-electron chi connectivity index (χ0n) is 18.6. The van der Waals surface area contributed by atoms with E-state index < -0.39 is 11.6 Å². The fraction of sp³-hybridized carbons (Fsp3) is 0.375. The lowest BCUT2D eigenvalue weighted by Gasteiger charge is -2.41. The molecule has 2 aliphatic heterocycles. The van der Waals surface area contributed by atoms with Crippen LogP contribution in [0, 0.1) is 23.1 Å². The van der Waals surface area contributed by atoms with Crippen molar-refractivity contribution < 1.29 is 14.2 Å². The predicted molar refractivity (Wildman–Crippen MR) is 124 cm³/mol. The summed E-state index contributed by atoms with van der Waals surface area (Å²) in [6.07, 6.45) is 5.53. The number of aromatic amines is 1. The highest BCUT2D eigenvalue weighted by atomic mass is 19.1. The molecule has 3 aromatic heterocycles.